The first-order valence-electron chi connectivity index (χ1n) is 23.8. The van der Waals surface area contributed by atoms with Gasteiger partial charge in [0, 0.05) is 13.0 Å². The standard InChI is InChI=1S/C47H91O9P/c1-3-5-7-9-11-13-15-17-18-19-20-21-22-23-24-25-26-27-28-30-32-34-36-38-40-53-43-46(44-55-57(51,52)54-42-45(49)41-48)56-47(50)39-37-35-33-31-29-16-14-12-10-8-6-4-2/h15,17,19-20,45-46,48-49H,3-14,16,18,21-44H2,1-2H3,(H,51,52)/b17-15-,20-19-. The van der Waals surface area contributed by atoms with E-state index in [1.807, 2.05) is 0 Å². The van der Waals surface area contributed by atoms with E-state index in [1.165, 1.54) is 161 Å². The SMILES string of the molecule is CCCCCCC/C=C\C/C=C\CCCCCCCCCCCCCCOCC(COP(=O)(O)OCC(O)CO)OC(=O)CCCCCCCCCCCCCC. The normalized spacial score (nSPS) is 14.1. The van der Waals surface area contributed by atoms with Crippen molar-refractivity contribution in [3.8, 4) is 0 Å². The summed E-state index contributed by atoms with van der Waals surface area (Å²) in [6.07, 6.45) is 47.2. The smallest absolute Gasteiger partial charge is 0.457 e. The zero-order valence-corrected chi connectivity index (χ0v) is 38.0. The van der Waals surface area contributed by atoms with Crippen molar-refractivity contribution in [1.82, 2.24) is 0 Å². The van der Waals surface area contributed by atoms with Crippen LogP contribution >= 0.6 is 7.82 Å². The predicted octanol–water partition coefficient (Wildman–Crippen LogP) is 13.4. The van der Waals surface area contributed by atoms with Gasteiger partial charge in [-0.3, -0.25) is 13.8 Å². The van der Waals surface area contributed by atoms with Crippen LogP contribution in [0.25, 0.3) is 0 Å². The maximum absolute atomic E-state index is 12.6. The Balaban J connectivity index is 4.01. The highest BCUT2D eigenvalue weighted by Crippen LogP contribution is 2.43. The van der Waals surface area contributed by atoms with Crippen LogP contribution in [0.15, 0.2) is 24.3 Å². The molecule has 0 aliphatic rings. The van der Waals surface area contributed by atoms with Crippen molar-refractivity contribution in [1.29, 1.82) is 0 Å². The summed E-state index contributed by atoms with van der Waals surface area (Å²) < 4.78 is 33.4. The molecular formula is C47H91O9P. The molecule has 9 nitrogen and oxygen atoms in total. The maximum atomic E-state index is 12.6. The van der Waals surface area contributed by atoms with Crippen molar-refractivity contribution in [2.24, 2.45) is 0 Å². The number of unbranched alkanes of at least 4 members (excludes halogenated alkanes) is 28. The van der Waals surface area contributed by atoms with Crippen LogP contribution in [0.4, 0.5) is 0 Å². The molecule has 10 heteroatoms. The van der Waals surface area contributed by atoms with Crippen molar-refractivity contribution < 1.29 is 43.0 Å². The Morgan fingerprint density at radius 3 is 1.40 bits per heavy atom. The van der Waals surface area contributed by atoms with E-state index in [2.05, 4.69) is 38.2 Å². The molecule has 3 atom stereocenters. The zero-order valence-electron chi connectivity index (χ0n) is 37.1. The summed E-state index contributed by atoms with van der Waals surface area (Å²) in [7, 11) is -4.51. The first-order chi connectivity index (χ1) is 27.8. The maximum Gasteiger partial charge on any atom is 0.472 e. The number of esters is 1. The van der Waals surface area contributed by atoms with Gasteiger partial charge in [0.05, 0.1) is 26.4 Å². The monoisotopic (exact) mass is 831 g/mol. The third-order valence-electron chi connectivity index (χ3n) is 10.4. The number of phosphoric ester groups is 1. The molecule has 0 rings (SSSR count). The topological polar surface area (TPSA) is 132 Å². The molecule has 0 aliphatic heterocycles. The Labute approximate surface area is 351 Å². The molecule has 0 spiro atoms. The minimum atomic E-state index is -4.51. The minimum absolute atomic E-state index is 0.0527. The van der Waals surface area contributed by atoms with Gasteiger partial charge >= 0.3 is 13.8 Å². The van der Waals surface area contributed by atoms with Crippen LogP contribution in [0.2, 0.25) is 0 Å². The van der Waals surface area contributed by atoms with Gasteiger partial charge in [0.1, 0.15) is 12.2 Å². The number of ether oxygens (including phenoxy) is 2. The first-order valence-corrected chi connectivity index (χ1v) is 25.3. The van der Waals surface area contributed by atoms with Crippen LogP contribution in [0, 0.1) is 0 Å². The van der Waals surface area contributed by atoms with Crippen molar-refractivity contribution in [3.05, 3.63) is 24.3 Å². The Morgan fingerprint density at radius 2 is 0.947 bits per heavy atom. The molecule has 0 aliphatic carbocycles. The second-order valence-corrected chi connectivity index (χ2v) is 17.6. The molecule has 0 saturated carbocycles. The highest BCUT2D eigenvalue weighted by molar-refractivity contribution is 7.47. The van der Waals surface area contributed by atoms with Gasteiger partial charge in [-0.15, -0.1) is 0 Å². The molecule has 0 aromatic carbocycles. The summed E-state index contributed by atoms with van der Waals surface area (Å²) in [5.74, 6) is -0.381. The predicted molar refractivity (Wildman–Crippen MR) is 238 cm³/mol. The Kier molecular flexibility index (Phi) is 43.7. The van der Waals surface area contributed by atoms with Gasteiger partial charge in [0.15, 0.2) is 0 Å². The molecule has 3 unspecified atom stereocenters. The number of carbonyl (C=O) groups is 1. The van der Waals surface area contributed by atoms with E-state index in [0.29, 0.717) is 6.61 Å². The molecule has 0 radical (unpaired) electrons. The lowest BCUT2D eigenvalue weighted by atomic mass is 10.0. The number of allylic oxidation sites excluding steroid dienone is 4. The average Bonchev–Trinajstić information content (AvgIpc) is 3.20. The molecule has 0 aromatic rings. The van der Waals surface area contributed by atoms with E-state index in [-0.39, 0.29) is 25.6 Å². The van der Waals surface area contributed by atoms with Crippen LogP contribution in [0.3, 0.4) is 0 Å². The van der Waals surface area contributed by atoms with Crippen LogP contribution in [-0.2, 0) is 27.9 Å². The number of aliphatic hydroxyl groups is 2. The quantitative estimate of drug-likeness (QED) is 0.0237. The molecule has 0 aromatic heterocycles. The van der Waals surface area contributed by atoms with E-state index in [0.717, 1.165) is 44.9 Å². The summed E-state index contributed by atoms with van der Waals surface area (Å²) in [6, 6.07) is 0. The van der Waals surface area contributed by atoms with Gasteiger partial charge in [-0.25, -0.2) is 4.57 Å². The highest BCUT2D eigenvalue weighted by Gasteiger charge is 2.26. The number of rotatable bonds is 46. The number of hydrogen-bond donors (Lipinski definition) is 3. The minimum Gasteiger partial charge on any atom is -0.457 e. The van der Waals surface area contributed by atoms with Crippen molar-refractivity contribution in [2.45, 2.75) is 238 Å². The lowest BCUT2D eigenvalue weighted by Crippen LogP contribution is -2.29. The first kappa shape index (κ1) is 55.9. The molecule has 0 fully saturated rings. The van der Waals surface area contributed by atoms with Crippen molar-refractivity contribution in [3.63, 3.8) is 0 Å². The number of phosphoric acid groups is 1. The molecule has 57 heavy (non-hydrogen) atoms. The Hall–Kier alpha value is -1.06. The second kappa shape index (κ2) is 44.5. The third-order valence-corrected chi connectivity index (χ3v) is 11.3. The lowest BCUT2D eigenvalue weighted by Gasteiger charge is -2.20. The van der Waals surface area contributed by atoms with Gasteiger partial charge in [-0.05, 0) is 44.9 Å². The van der Waals surface area contributed by atoms with Crippen molar-refractivity contribution in [2.75, 3.05) is 33.0 Å². The lowest BCUT2D eigenvalue weighted by molar-refractivity contribution is -0.154. The Morgan fingerprint density at radius 1 is 0.544 bits per heavy atom. The summed E-state index contributed by atoms with van der Waals surface area (Å²) in [5, 5.41) is 18.4. The fraction of sp³-hybridized carbons (Fsp3) is 0.894. The van der Waals surface area contributed by atoms with Crippen LogP contribution in [0.5, 0.6) is 0 Å². The molecule has 0 bridgehead atoms. The van der Waals surface area contributed by atoms with Gasteiger partial charge in [-0.2, -0.15) is 0 Å². The number of hydrogen-bond acceptors (Lipinski definition) is 8. The van der Waals surface area contributed by atoms with Crippen LogP contribution in [0.1, 0.15) is 226 Å². The third kappa shape index (κ3) is 44.3. The van der Waals surface area contributed by atoms with Gasteiger partial charge in [-0.1, -0.05) is 199 Å². The van der Waals surface area contributed by atoms with Gasteiger partial charge in [0.25, 0.3) is 0 Å². The van der Waals surface area contributed by atoms with E-state index in [9.17, 15) is 19.4 Å². The molecule has 0 saturated heterocycles. The molecule has 338 valence electrons. The summed E-state index contributed by atoms with van der Waals surface area (Å²) in [4.78, 5) is 22.6. The second-order valence-electron chi connectivity index (χ2n) is 16.1. The summed E-state index contributed by atoms with van der Waals surface area (Å²) in [5.41, 5.74) is 0. The van der Waals surface area contributed by atoms with E-state index < -0.39 is 33.2 Å². The zero-order chi connectivity index (χ0) is 41.8. The van der Waals surface area contributed by atoms with E-state index in [4.69, 9.17) is 23.6 Å². The highest BCUT2D eigenvalue weighted by atomic mass is 31.2. The van der Waals surface area contributed by atoms with Gasteiger partial charge in [0.2, 0.25) is 0 Å². The largest absolute Gasteiger partial charge is 0.472 e. The Bertz CT molecular complexity index is 944. The molecule has 0 amide bonds. The van der Waals surface area contributed by atoms with Gasteiger partial charge < -0.3 is 24.6 Å². The molecular weight excluding hydrogens is 739 g/mol. The van der Waals surface area contributed by atoms with Crippen LogP contribution < -0.4 is 0 Å². The summed E-state index contributed by atoms with van der Waals surface area (Å²) >= 11 is 0. The van der Waals surface area contributed by atoms with Crippen molar-refractivity contribution >= 4 is 13.8 Å². The summed E-state index contributed by atoms with van der Waals surface area (Å²) in [6.45, 7) is 3.53. The van der Waals surface area contributed by atoms with E-state index >= 15 is 0 Å². The molecule has 3 N–H and O–H groups in total. The number of aliphatic hydroxyl groups excluding tert-OH is 2. The fourth-order valence-corrected chi connectivity index (χ4v) is 7.53. The average molecular weight is 831 g/mol. The molecule has 0 heterocycles. The van der Waals surface area contributed by atoms with Crippen LogP contribution in [-0.4, -0.2) is 66.3 Å². The number of carbonyl (C=O) groups excluding carboxylic acids is 1. The van der Waals surface area contributed by atoms with E-state index in [1.54, 1.807) is 0 Å². The fourth-order valence-electron chi connectivity index (χ4n) is 6.74.